The number of aliphatic hydroxyl groups is 1. The number of hydrogen-bond acceptors (Lipinski definition) is 6. The molecule has 2 aromatic heterocycles. The van der Waals surface area contributed by atoms with E-state index in [4.69, 9.17) is 5.11 Å². The highest BCUT2D eigenvalue weighted by Crippen LogP contribution is 2.48. The summed E-state index contributed by atoms with van der Waals surface area (Å²) in [7, 11) is 0. The number of halogens is 3. The molecular formula is C22H22F3N5O3. The number of amides is 1. The van der Waals surface area contributed by atoms with Gasteiger partial charge in [0.1, 0.15) is 5.75 Å². The normalized spacial score (nSPS) is 22.7. The third-order valence-electron chi connectivity index (χ3n) is 6.46. The zero-order valence-corrected chi connectivity index (χ0v) is 17.6. The van der Waals surface area contributed by atoms with E-state index in [0.29, 0.717) is 43.7 Å². The van der Waals surface area contributed by atoms with Crippen molar-refractivity contribution in [1.82, 2.24) is 24.5 Å². The van der Waals surface area contributed by atoms with Crippen molar-refractivity contribution in [3.05, 3.63) is 53.6 Å². The Morgan fingerprint density at radius 3 is 2.61 bits per heavy atom. The lowest BCUT2D eigenvalue weighted by atomic mass is 9.95. The molecule has 3 heterocycles. The molecule has 11 heteroatoms. The van der Waals surface area contributed by atoms with E-state index in [0.717, 1.165) is 5.56 Å². The van der Waals surface area contributed by atoms with Gasteiger partial charge in [0.25, 0.3) is 11.7 Å². The Morgan fingerprint density at radius 1 is 1.18 bits per heavy atom. The summed E-state index contributed by atoms with van der Waals surface area (Å²) in [6.45, 7) is 1.01. The molecule has 0 bridgehead atoms. The van der Waals surface area contributed by atoms with Gasteiger partial charge in [0, 0.05) is 32.1 Å². The maximum atomic E-state index is 13.0. The van der Waals surface area contributed by atoms with Crippen LogP contribution in [-0.2, 0) is 6.42 Å². The average molecular weight is 461 g/mol. The van der Waals surface area contributed by atoms with E-state index in [1.807, 2.05) is 0 Å². The number of para-hydroxylation sites is 1. The van der Waals surface area contributed by atoms with Crippen LogP contribution in [0.5, 0.6) is 5.75 Å². The third-order valence-corrected chi connectivity index (χ3v) is 6.46. The summed E-state index contributed by atoms with van der Waals surface area (Å²) in [5.41, 5.74) is 1.35. The van der Waals surface area contributed by atoms with Crippen LogP contribution in [-0.4, -0.2) is 61.6 Å². The standard InChI is InChI=1S/C22H22F3N5O3/c23-22(24,25)33-18-4-2-1-3-17(18)14-7-15-11-29(12-16(15)8-14)20(32)19-27-21-26-9-13(5-6-31)10-30(21)28-19/h1-4,9-10,14-16,31H,5-8,11-12H2/t14?,15-,16+. The van der Waals surface area contributed by atoms with Crippen molar-refractivity contribution < 1.29 is 27.8 Å². The van der Waals surface area contributed by atoms with Gasteiger partial charge < -0.3 is 14.7 Å². The van der Waals surface area contributed by atoms with E-state index in [2.05, 4.69) is 19.8 Å². The number of rotatable bonds is 5. The minimum atomic E-state index is -4.73. The number of likely N-dealkylation sites (tertiary alicyclic amines) is 1. The minimum Gasteiger partial charge on any atom is -0.405 e. The van der Waals surface area contributed by atoms with Crippen LogP contribution in [0.3, 0.4) is 0 Å². The molecule has 1 saturated heterocycles. The molecule has 174 valence electrons. The van der Waals surface area contributed by atoms with Gasteiger partial charge in [0.05, 0.1) is 0 Å². The molecule has 2 aliphatic rings. The van der Waals surface area contributed by atoms with Gasteiger partial charge in [-0.2, -0.15) is 4.98 Å². The van der Waals surface area contributed by atoms with E-state index in [9.17, 15) is 18.0 Å². The van der Waals surface area contributed by atoms with E-state index >= 15 is 0 Å². The molecule has 0 radical (unpaired) electrons. The lowest BCUT2D eigenvalue weighted by molar-refractivity contribution is -0.275. The Hall–Kier alpha value is -3.21. The molecule has 33 heavy (non-hydrogen) atoms. The van der Waals surface area contributed by atoms with Crippen LogP contribution >= 0.6 is 0 Å². The SMILES string of the molecule is O=C(c1nc2ncc(CCO)cn2n1)N1C[C@H]2CC(c3ccccc3OC(F)(F)F)C[C@H]2C1. The number of alkyl halides is 3. The number of benzene rings is 1. The zero-order chi connectivity index (χ0) is 23.2. The van der Waals surface area contributed by atoms with Gasteiger partial charge in [0.2, 0.25) is 5.82 Å². The van der Waals surface area contributed by atoms with Gasteiger partial charge in [-0.3, -0.25) is 4.79 Å². The number of aliphatic hydroxyl groups excluding tert-OH is 1. The van der Waals surface area contributed by atoms with Gasteiger partial charge in [-0.1, -0.05) is 18.2 Å². The first kappa shape index (κ1) is 21.6. The van der Waals surface area contributed by atoms with E-state index in [-0.39, 0.29) is 41.8 Å². The monoisotopic (exact) mass is 461 g/mol. The van der Waals surface area contributed by atoms with Gasteiger partial charge >= 0.3 is 6.36 Å². The smallest absolute Gasteiger partial charge is 0.405 e. The number of ether oxygens (including phenoxy) is 1. The summed E-state index contributed by atoms with van der Waals surface area (Å²) >= 11 is 0. The van der Waals surface area contributed by atoms with Gasteiger partial charge in [0.15, 0.2) is 0 Å². The van der Waals surface area contributed by atoms with E-state index in [1.54, 1.807) is 29.4 Å². The molecule has 1 saturated carbocycles. The minimum absolute atomic E-state index is 0.0158. The molecule has 5 rings (SSSR count). The first-order chi connectivity index (χ1) is 15.8. The summed E-state index contributed by atoms with van der Waals surface area (Å²) in [5, 5.41) is 13.3. The van der Waals surface area contributed by atoms with Gasteiger partial charge in [-0.15, -0.1) is 18.3 Å². The Balaban J connectivity index is 1.27. The van der Waals surface area contributed by atoms with Crippen molar-refractivity contribution in [2.24, 2.45) is 11.8 Å². The molecule has 1 N–H and O–H groups in total. The number of carbonyl (C=O) groups is 1. The maximum absolute atomic E-state index is 13.0. The van der Waals surface area contributed by atoms with Crippen LogP contribution < -0.4 is 4.74 Å². The van der Waals surface area contributed by atoms with Gasteiger partial charge in [-0.25, -0.2) is 9.50 Å². The topological polar surface area (TPSA) is 92.8 Å². The molecule has 1 aliphatic carbocycles. The molecule has 8 nitrogen and oxygen atoms in total. The number of fused-ring (bicyclic) bond motifs is 2. The fourth-order valence-electron chi connectivity index (χ4n) is 5.07. The van der Waals surface area contributed by atoms with E-state index < -0.39 is 6.36 Å². The van der Waals surface area contributed by atoms with Crippen molar-refractivity contribution in [3.8, 4) is 5.75 Å². The Labute approximate surface area is 187 Å². The van der Waals surface area contributed by atoms with Crippen molar-refractivity contribution in [2.75, 3.05) is 19.7 Å². The predicted octanol–water partition coefficient (Wildman–Crippen LogP) is 2.82. The summed E-state index contributed by atoms with van der Waals surface area (Å²) in [5.74, 6) is 0.289. The average Bonchev–Trinajstić information content (AvgIpc) is 3.45. The number of hydrogen-bond donors (Lipinski definition) is 1. The first-order valence-corrected chi connectivity index (χ1v) is 10.8. The van der Waals surface area contributed by atoms with Crippen LogP contribution in [0.2, 0.25) is 0 Å². The highest BCUT2D eigenvalue weighted by atomic mass is 19.4. The van der Waals surface area contributed by atoms with E-state index in [1.165, 1.54) is 16.6 Å². The summed E-state index contributed by atoms with van der Waals surface area (Å²) in [4.78, 5) is 23.1. The Kier molecular flexibility index (Phi) is 5.43. The summed E-state index contributed by atoms with van der Waals surface area (Å²) in [6, 6.07) is 6.29. The summed E-state index contributed by atoms with van der Waals surface area (Å²) < 4.78 is 44.0. The number of nitrogens with zero attached hydrogens (tertiary/aromatic N) is 5. The molecular weight excluding hydrogens is 439 g/mol. The molecule has 1 unspecified atom stereocenters. The van der Waals surface area contributed by atoms with Gasteiger partial charge in [-0.05, 0) is 54.2 Å². The van der Waals surface area contributed by atoms with Crippen molar-refractivity contribution in [1.29, 1.82) is 0 Å². The third kappa shape index (κ3) is 4.37. The summed E-state index contributed by atoms with van der Waals surface area (Å²) in [6.07, 6.45) is 0.360. The molecule has 3 aromatic rings. The molecule has 0 spiro atoms. The predicted molar refractivity (Wildman–Crippen MR) is 110 cm³/mol. The fourth-order valence-corrected chi connectivity index (χ4v) is 5.07. The molecule has 1 aliphatic heterocycles. The number of carbonyl (C=O) groups excluding carboxylic acids is 1. The second-order valence-electron chi connectivity index (χ2n) is 8.60. The van der Waals surface area contributed by atoms with Crippen molar-refractivity contribution in [3.63, 3.8) is 0 Å². The van der Waals surface area contributed by atoms with Crippen LogP contribution in [0, 0.1) is 11.8 Å². The second kappa shape index (κ2) is 8.29. The highest BCUT2D eigenvalue weighted by Gasteiger charge is 2.44. The largest absolute Gasteiger partial charge is 0.573 e. The molecule has 1 aromatic carbocycles. The van der Waals surface area contributed by atoms with Crippen LogP contribution in [0.15, 0.2) is 36.7 Å². The lowest BCUT2D eigenvalue weighted by Gasteiger charge is -2.20. The fraction of sp³-hybridized carbons (Fsp3) is 0.455. The quantitative estimate of drug-likeness (QED) is 0.628. The Bertz CT molecular complexity index is 1170. The molecule has 1 amide bonds. The number of aromatic nitrogens is 4. The van der Waals surface area contributed by atoms with Crippen LogP contribution in [0.25, 0.3) is 5.78 Å². The molecule has 3 atom stereocenters. The second-order valence-corrected chi connectivity index (χ2v) is 8.60. The Morgan fingerprint density at radius 2 is 1.91 bits per heavy atom. The molecule has 2 fully saturated rings. The van der Waals surface area contributed by atoms with Crippen molar-refractivity contribution >= 4 is 11.7 Å². The first-order valence-electron chi connectivity index (χ1n) is 10.8. The lowest BCUT2D eigenvalue weighted by Crippen LogP contribution is -2.30. The van der Waals surface area contributed by atoms with Crippen molar-refractivity contribution in [2.45, 2.75) is 31.5 Å². The maximum Gasteiger partial charge on any atom is 0.573 e. The highest BCUT2D eigenvalue weighted by molar-refractivity contribution is 5.91. The zero-order valence-electron chi connectivity index (χ0n) is 17.6. The van der Waals surface area contributed by atoms with Crippen LogP contribution in [0.1, 0.15) is 40.5 Å². The van der Waals surface area contributed by atoms with Crippen LogP contribution in [0.4, 0.5) is 13.2 Å².